The van der Waals surface area contributed by atoms with E-state index in [9.17, 15) is 9.59 Å². The molecule has 0 aliphatic carbocycles. The van der Waals surface area contributed by atoms with Crippen LogP contribution in [0.1, 0.15) is 29.2 Å². The fourth-order valence-electron chi connectivity index (χ4n) is 4.06. The van der Waals surface area contributed by atoms with Crippen molar-refractivity contribution in [2.45, 2.75) is 25.3 Å². The summed E-state index contributed by atoms with van der Waals surface area (Å²) >= 11 is 0. The van der Waals surface area contributed by atoms with E-state index >= 15 is 0 Å². The van der Waals surface area contributed by atoms with Gasteiger partial charge in [0, 0.05) is 18.8 Å². The van der Waals surface area contributed by atoms with E-state index in [0.717, 1.165) is 36.1 Å². The average molecular weight is 350 g/mol. The minimum absolute atomic E-state index is 0.0605. The van der Waals surface area contributed by atoms with Crippen molar-refractivity contribution in [3.8, 4) is 0 Å². The lowest BCUT2D eigenvalue weighted by Crippen LogP contribution is -2.49. The van der Waals surface area contributed by atoms with E-state index < -0.39 is 12.1 Å². The van der Waals surface area contributed by atoms with Gasteiger partial charge >= 0.3 is 6.09 Å². The molecule has 0 saturated carbocycles. The van der Waals surface area contributed by atoms with Crippen molar-refractivity contribution in [1.82, 2.24) is 4.90 Å². The van der Waals surface area contributed by atoms with Crippen molar-refractivity contribution >= 4 is 17.7 Å². The van der Waals surface area contributed by atoms with Gasteiger partial charge in [-0.2, -0.15) is 0 Å². The fourth-order valence-corrected chi connectivity index (χ4v) is 4.06. The highest BCUT2D eigenvalue weighted by atomic mass is 16.5. The van der Waals surface area contributed by atoms with Gasteiger partial charge in [-0.3, -0.25) is 9.69 Å². The molecule has 2 aliphatic heterocycles. The molecule has 0 unspecified atom stereocenters. The summed E-state index contributed by atoms with van der Waals surface area (Å²) in [7, 11) is 1.36. The normalized spacial score (nSPS) is 18.7. The predicted molar refractivity (Wildman–Crippen MR) is 99.1 cm³/mol. The molecule has 2 heterocycles. The molecule has 5 heteroatoms. The number of nitrogens with zero attached hydrogens (tertiary/aromatic N) is 2. The zero-order chi connectivity index (χ0) is 18.1. The molecule has 0 saturated heterocycles. The number of hydrogen-bond acceptors (Lipinski definition) is 3. The summed E-state index contributed by atoms with van der Waals surface area (Å²) in [6.45, 7) is 1.15. The minimum atomic E-state index is -0.640. The van der Waals surface area contributed by atoms with Crippen LogP contribution >= 0.6 is 0 Å². The summed E-state index contributed by atoms with van der Waals surface area (Å²) in [5.74, 6) is -0.0605. The number of para-hydroxylation sites is 1. The zero-order valence-electron chi connectivity index (χ0n) is 14.9. The molecule has 0 fully saturated rings. The summed E-state index contributed by atoms with van der Waals surface area (Å²) < 4.78 is 4.96. The van der Waals surface area contributed by atoms with Crippen LogP contribution in [0.4, 0.5) is 10.5 Å². The van der Waals surface area contributed by atoms with Crippen LogP contribution in [0, 0.1) is 0 Å². The monoisotopic (exact) mass is 350 g/mol. The lowest BCUT2D eigenvalue weighted by molar-refractivity contribution is -0.124. The number of amides is 2. The van der Waals surface area contributed by atoms with Gasteiger partial charge in [-0.25, -0.2) is 4.79 Å². The number of ether oxygens (including phenoxy) is 1. The first-order chi connectivity index (χ1) is 12.7. The molecule has 5 nitrogen and oxygen atoms in total. The van der Waals surface area contributed by atoms with Crippen molar-refractivity contribution < 1.29 is 14.3 Å². The zero-order valence-corrected chi connectivity index (χ0v) is 14.9. The molecule has 2 amide bonds. The quantitative estimate of drug-likeness (QED) is 0.793. The summed E-state index contributed by atoms with van der Waals surface area (Å²) in [6.07, 6.45) is 2.17. The molecular formula is C21H22N2O3. The first-order valence-corrected chi connectivity index (χ1v) is 9.02. The highest BCUT2D eigenvalue weighted by molar-refractivity contribution is 6.00. The lowest BCUT2D eigenvalue weighted by Gasteiger charge is -2.39. The second kappa shape index (κ2) is 6.83. The largest absolute Gasteiger partial charge is 0.453 e. The fraction of sp³-hybridized carbons (Fsp3) is 0.333. The van der Waals surface area contributed by atoms with E-state index in [0.29, 0.717) is 13.1 Å². The van der Waals surface area contributed by atoms with Crippen LogP contribution < -0.4 is 4.90 Å². The van der Waals surface area contributed by atoms with Crippen LogP contribution in [0.5, 0.6) is 0 Å². The average Bonchev–Trinajstić information content (AvgIpc) is 2.71. The summed E-state index contributed by atoms with van der Waals surface area (Å²) in [5, 5.41) is 0. The molecule has 2 aromatic carbocycles. The SMILES string of the molecule is COC(=O)N1CCc2ccccc2[C@@H]1C(=O)N1CCCc2ccccc21. The maximum absolute atomic E-state index is 13.6. The first kappa shape index (κ1) is 16.6. The number of aryl methyl sites for hydroxylation is 1. The van der Waals surface area contributed by atoms with Crippen LogP contribution in [0.25, 0.3) is 0 Å². The number of carbonyl (C=O) groups excluding carboxylic acids is 2. The highest BCUT2D eigenvalue weighted by Gasteiger charge is 2.39. The number of carbonyl (C=O) groups is 2. The Balaban J connectivity index is 1.76. The van der Waals surface area contributed by atoms with Gasteiger partial charge in [0.2, 0.25) is 0 Å². The molecule has 0 spiro atoms. The third-order valence-electron chi connectivity index (χ3n) is 5.30. The highest BCUT2D eigenvalue weighted by Crippen LogP contribution is 2.35. The molecule has 0 aromatic heterocycles. The molecule has 0 bridgehead atoms. The van der Waals surface area contributed by atoms with Crippen molar-refractivity contribution in [1.29, 1.82) is 0 Å². The Morgan fingerprint density at radius 1 is 0.962 bits per heavy atom. The standard InChI is InChI=1S/C21H22N2O3/c1-26-21(25)23-14-12-15-7-2-4-10-17(15)19(23)20(24)22-13-6-9-16-8-3-5-11-18(16)22/h2-5,7-8,10-11,19H,6,9,12-14H2,1H3/t19-/m1/s1. The topological polar surface area (TPSA) is 49.9 Å². The Morgan fingerprint density at radius 3 is 2.50 bits per heavy atom. The van der Waals surface area contributed by atoms with E-state index in [-0.39, 0.29) is 5.91 Å². The summed E-state index contributed by atoms with van der Waals surface area (Å²) in [4.78, 5) is 29.3. The maximum Gasteiger partial charge on any atom is 0.410 e. The van der Waals surface area contributed by atoms with Crippen LogP contribution in [-0.2, 0) is 22.4 Å². The molecule has 1 atom stereocenters. The Labute approximate surface area is 153 Å². The molecule has 0 N–H and O–H groups in total. The van der Waals surface area contributed by atoms with Crippen LogP contribution in [0.2, 0.25) is 0 Å². The van der Waals surface area contributed by atoms with E-state index in [1.54, 1.807) is 4.90 Å². The number of hydrogen-bond donors (Lipinski definition) is 0. The number of fused-ring (bicyclic) bond motifs is 2. The van der Waals surface area contributed by atoms with Crippen molar-refractivity contribution in [2.24, 2.45) is 0 Å². The summed E-state index contributed by atoms with van der Waals surface area (Å²) in [6, 6.07) is 15.3. The van der Waals surface area contributed by atoms with Gasteiger partial charge in [-0.15, -0.1) is 0 Å². The molecule has 134 valence electrons. The Morgan fingerprint density at radius 2 is 1.69 bits per heavy atom. The Bertz CT molecular complexity index is 849. The number of methoxy groups -OCH3 is 1. The van der Waals surface area contributed by atoms with Gasteiger partial charge in [-0.1, -0.05) is 42.5 Å². The third kappa shape index (κ3) is 2.73. The van der Waals surface area contributed by atoms with Gasteiger partial charge in [0.1, 0.15) is 6.04 Å². The van der Waals surface area contributed by atoms with E-state index in [4.69, 9.17) is 4.74 Å². The smallest absolute Gasteiger partial charge is 0.410 e. The third-order valence-corrected chi connectivity index (χ3v) is 5.30. The van der Waals surface area contributed by atoms with E-state index in [1.807, 2.05) is 47.4 Å². The molecule has 26 heavy (non-hydrogen) atoms. The van der Waals surface area contributed by atoms with Crippen molar-refractivity contribution in [2.75, 3.05) is 25.1 Å². The Hall–Kier alpha value is -2.82. The van der Waals surface area contributed by atoms with Gasteiger partial charge in [-0.05, 0) is 42.0 Å². The van der Waals surface area contributed by atoms with E-state index in [2.05, 4.69) is 6.07 Å². The number of benzene rings is 2. The second-order valence-corrected chi connectivity index (χ2v) is 6.74. The minimum Gasteiger partial charge on any atom is -0.453 e. The first-order valence-electron chi connectivity index (χ1n) is 9.02. The maximum atomic E-state index is 13.6. The summed E-state index contributed by atoms with van der Waals surface area (Å²) in [5.41, 5.74) is 4.16. The van der Waals surface area contributed by atoms with Gasteiger partial charge < -0.3 is 9.64 Å². The van der Waals surface area contributed by atoms with E-state index in [1.165, 1.54) is 12.7 Å². The molecule has 4 rings (SSSR count). The number of rotatable bonds is 1. The van der Waals surface area contributed by atoms with Gasteiger partial charge in [0.15, 0.2) is 0 Å². The Kier molecular flexibility index (Phi) is 4.37. The molecule has 0 radical (unpaired) electrons. The molecular weight excluding hydrogens is 328 g/mol. The molecule has 2 aromatic rings. The molecule has 2 aliphatic rings. The second-order valence-electron chi connectivity index (χ2n) is 6.74. The van der Waals surface area contributed by atoms with Crippen LogP contribution in [0.15, 0.2) is 48.5 Å². The number of anilines is 1. The van der Waals surface area contributed by atoms with Crippen molar-refractivity contribution in [3.05, 3.63) is 65.2 Å². The predicted octanol–water partition coefficient (Wildman–Crippen LogP) is 3.33. The van der Waals surface area contributed by atoms with Crippen LogP contribution in [-0.4, -0.2) is 37.1 Å². The van der Waals surface area contributed by atoms with Gasteiger partial charge in [0.05, 0.1) is 7.11 Å². The van der Waals surface area contributed by atoms with Crippen molar-refractivity contribution in [3.63, 3.8) is 0 Å². The van der Waals surface area contributed by atoms with Gasteiger partial charge in [0.25, 0.3) is 5.91 Å². The lowest BCUT2D eigenvalue weighted by atomic mass is 9.91. The van der Waals surface area contributed by atoms with Crippen LogP contribution in [0.3, 0.4) is 0 Å².